The molecule has 1 saturated carbocycles. The Balaban J connectivity index is 1.64. The van der Waals surface area contributed by atoms with Gasteiger partial charge in [0.25, 0.3) is 0 Å². The molecule has 0 aromatic heterocycles. The number of rotatable bonds is 4. The number of likely N-dealkylation sites (tertiary alicyclic amines) is 1. The van der Waals surface area contributed by atoms with Crippen LogP contribution >= 0.6 is 11.6 Å². The summed E-state index contributed by atoms with van der Waals surface area (Å²) < 4.78 is 0. The number of nitrogens with zero attached hydrogens (tertiary/aromatic N) is 1. The summed E-state index contributed by atoms with van der Waals surface area (Å²) in [5.74, 6) is 0.508. The lowest BCUT2D eigenvalue weighted by molar-refractivity contribution is -0.127. The van der Waals surface area contributed by atoms with Crippen LogP contribution in [0.1, 0.15) is 50.6 Å². The van der Waals surface area contributed by atoms with Crippen molar-refractivity contribution in [1.29, 1.82) is 0 Å². The number of hydrogen-bond acceptors (Lipinski definition) is 2. The van der Waals surface area contributed by atoms with Crippen molar-refractivity contribution in [2.75, 3.05) is 13.1 Å². The van der Waals surface area contributed by atoms with E-state index in [1.807, 2.05) is 24.3 Å². The van der Waals surface area contributed by atoms with Gasteiger partial charge in [0.15, 0.2) is 0 Å². The Kier molecular flexibility index (Phi) is 5.84. The highest BCUT2D eigenvalue weighted by atomic mass is 35.5. The summed E-state index contributed by atoms with van der Waals surface area (Å²) in [4.78, 5) is 25.7. The van der Waals surface area contributed by atoms with Gasteiger partial charge in [-0.3, -0.25) is 4.79 Å². The van der Waals surface area contributed by atoms with Gasteiger partial charge in [0.2, 0.25) is 5.91 Å². The van der Waals surface area contributed by atoms with Crippen LogP contribution in [0.5, 0.6) is 0 Å². The first kappa shape index (κ1) is 18.1. The number of nitrogens with one attached hydrogen (secondary N) is 2. The van der Waals surface area contributed by atoms with E-state index in [2.05, 4.69) is 10.6 Å². The van der Waals surface area contributed by atoms with Crippen molar-refractivity contribution < 1.29 is 9.59 Å². The molecule has 25 heavy (non-hydrogen) atoms. The van der Waals surface area contributed by atoms with Crippen LogP contribution < -0.4 is 10.6 Å². The third kappa shape index (κ3) is 4.66. The van der Waals surface area contributed by atoms with Crippen LogP contribution in [0.3, 0.4) is 0 Å². The second-order valence-corrected chi connectivity index (χ2v) is 7.58. The standard InChI is InChI=1S/C19H26ClN3O2/c1-13(24)23-10-9-17(12-23)21-19(25)22-18(14-5-2-3-6-14)15-7-4-8-16(20)11-15/h4,7-8,11,14,17-18H,2-3,5-6,9-10,12H2,1H3,(H2,21,22,25). The molecule has 2 fully saturated rings. The van der Waals surface area contributed by atoms with Crippen LogP contribution in [-0.4, -0.2) is 36.0 Å². The van der Waals surface area contributed by atoms with Crippen molar-refractivity contribution in [2.24, 2.45) is 5.92 Å². The zero-order chi connectivity index (χ0) is 17.8. The summed E-state index contributed by atoms with van der Waals surface area (Å²) in [6.07, 6.45) is 5.47. The molecule has 2 N–H and O–H groups in total. The average molecular weight is 364 g/mol. The zero-order valence-electron chi connectivity index (χ0n) is 14.6. The molecule has 3 rings (SSSR count). The van der Waals surface area contributed by atoms with E-state index in [-0.39, 0.29) is 24.0 Å². The fourth-order valence-corrected chi connectivity index (χ4v) is 4.20. The average Bonchev–Trinajstić information content (AvgIpc) is 3.24. The van der Waals surface area contributed by atoms with Crippen LogP contribution in [0.2, 0.25) is 5.02 Å². The Labute approximate surface area is 154 Å². The molecule has 2 unspecified atom stereocenters. The van der Waals surface area contributed by atoms with Crippen molar-refractivity contribution in [3.05, 3.63) is 34.9 Å². The van der Waals surface area contributed by atoms with E-state index in [0.717, 1.165) is 24.8 Å². The molecular formula is C19H26ClN3O2. The molecule has 136 valence electrons. The maximum Gasteiger partial charge on any atom is 0.315 e. The first-order chi connectivity index (χ1) is 12.0. The van der Waals surface area contributed by atoms with Gasteiger partial charge in [-0.25, -0.2) is 4.79 Å². The zero-order valence-corrected chi connectivity index (χ0v) is 15.4. The van der Waals surface area contributed by atoms with Gasteiger partial charge in [-0.1, -0.05) is 36.6 Å². The minimum Gasteiger partial charge on any atom is -0.341 e. The predicted octanol–water partition coefficient (Wildman–Crippen LogP) is 3.49. The molecule has 2 aliphatic rings. The molecule has 1 aliphatic carbocycles. The van der Waals surface area contributed by atoms with E-state index in [0.29, 0.717) is 24.0 Å². The monoisotopic (exact) mass is 363 g/mol. The van der Waals surface area contributed by atoms with Gasteiger partial charge in [0.1, 0.15) is 0 Å². The predicted molar refractivity (Wildman–Crippen MR) is 98.5 cm³/mol. The quantitative estimate of drug-likeness (QED) is 0.860. The van der Waals surface area contributed by atoms with Gasteiger partial charge < -0.3 is 15.5 Å². The first-order valence-corrected chi connectivity index (χ1v) is 9.48. The van der Waals surface area contributed by atoms with Gasteiger partial charge in [-0.2, -0.15) is 0 Å². The van der Waals surface area contributed by atoms with Crippen molar-refractivity contribution in [3.63, 3.8) is 0 Å². The molecule has 0 bridgehead atoms. The fourth-order valence-electron chi connectivity index (χ4n) is 4.00. The lowest BCUT2D eigenvalue weighted by Crippen LogP contribution is -2.46. The van der Waals surface area contributed by atoms with Crippen molar-refractivity contribution in [1.82, 2.24) is 15.5 Å². The second kappa shape index (κ2) is 8.09. The number of urea groups is 1. The third-order valence-corrected chi connectivity index (χ3v) is 5.57. The molecule has 6 heteroatoms. The summed E-state index contributed by atoms with van der Waals surface area (Å²) in [5.41, 5.74) is 1.06. The number of halogens is 1. The summed E-state index contributed by atoms with van der Waals surface area (Å²) in [7, 11) is 0. The van der Waals surface area contributed by atoms with Gasteiger partial charge in [-0.05, 0) is 42.9 Å². The lowest BCUT2D eigenvalue weighted by atomic mass is 9.92. The molecule has 0 spiro atoms. The molecule has 1 aliphatic heterocycles. The molecule has 0 radical (unpaired) electrons. The van der Waals surface area contributed by atoms with Crippen LogP contribution in [0.25, 0.3) is 0 Å². The summed E-state index contributed by atoms with van der Waals surface area (Å²) in [6.45, 7) is 2.87. The number of carbonyl (C=O) groups excluding carboxylic acids is 2. The topological polar surface area (TPSA) is 61.4 Å². The van der Waals surface area contributed by atoms with E-state index in [1.54, 1.807) is 11.8 Å². The molecule has 3 amide bonds. The Morgan fingerprint density at radius 2 is 2.00 bits per heavy atom. The van der Waals surface area contributed by atoms with E-state index >= 15 is 0 Å². The normalized spacial score (nSPS) is 22.0. The number of carbonyl (C=O) groups is 2. The molecule has 1 aromatic rings. The maximum atomic E-state index is 12.5. The number of benzene rings is 1. The smallest absolute Gasteiger partial charge is 0.315 e. The lowest BCUT2D eigenvalue weighted by Gasteiger charge is -2.26. The van der Waals surface area contributed by atoms with Gasteiger partial charge in [0, 0.05) is 31.1 Å². The largest absolute Gasteiger partial charge is 0.341 e. The van der Waals surface area contributed by atoms with Crippen LogP contribution in [0.15, 0.2) is 24.3 Å². The Bertz CT molecular complexity index is 631. The highest BCUT2D eigenvalue weighted by molar-refractivity contribution is 6.30. The number of hydrogen-bond donors (Lipinski definition) is 2. The van der Waals surface area contributed by atoms with Crippen LogP contribution in [0, 0.1) is 5.92 Å². The van der Waals surface area contributed by atoms with E-state index in [9.17, 15) is 9.59 Å². The molecule has 5 nitrogen and oxygen atoms in total. The SMILES string of the molecule is CC(=O)N1CCC(NC(=O)NC(c2cccc(Cl)c2)C2CCCC2)C1. The maximum absolute atomic E-state index is 12.5. The second-order valence-electron chi connectivity index (χ2n) is 7.15. The van der Waals surface area contributed by atoms with E-state index in [4.69, 9.17) is 11.6 Å². The highest BCUT2D eigenvalue weighted by Gasteiger charge is 2.30. The molecule has 2 atom stereocenters. The Morgan fingerprint density at radius 1 is 1.24 bits per heavy atom. The van der Waals surface area contributed by atoms with Crippen molar-refractivity contribution >= 4 is 23.5 Å². The van der Waals surface area contributed by atoms with Gasteiger partial charge in [-0.15, -0.1) is 0 Å². The Morgan fingerprint density at radius 3 is 2.64 bits per heavy atom. The third-order valence-electron chi connectivity index (χ3n) is 5.33. The Hall–Kier alpha value is -1.75. The highest BCUT2D eigenvalue weighted by Crippen LogP contribution is 2.36. The summed E-state index contributed by atoms with van der Waals surface area (Å²) in [5, 5.41) is 6.88. The first-order valence-electron chi connectivity index (χ1n) is 9.11. The number of amides is 3. The van der Waals surface area contributed by atoms with E-state index < -0.39 is 0 Å². The minimum atomic E-state index is -0.160. The van der Waals surface area contributed by atoms with Gasteiger partial charge in [0.05, 0.1) is 6.04 Å². The van der Waals surface area contributed by atoms with Gasteiger partial charge >= 0.3 is 6.03 Å². The van der Waals surface area contributed by atoms with Crippen molar-refractivity contribution in [3.8, 4) is 0 Å². The molecular weight excluding hydrogens is 338 g/mol. The molecule has 1 aromatic carbocycles. The van der Waals surface area contributed by atoms with E-state index in [1.165, 1.54) is 12.8 Å². The summed E-state index contributed by atoms with van der Waals surface area (Å²) >= 11 is 6.15. The minimum absolute atomic E-state index is 0.0208. The van der Waals surface area contributed by atoms with Crippen LogP contribution in [0.4, 0.5) is 4.79 Å². The molecule has 1 saturated heterocycles. The van der Waals surface area contributed by atoms with Crippen molar-refractivity contribution in [2.45, 2.75) is 51.1 Å². The summed E-state index contributed by atoms with van der Waals surface area (Å²) in [6, 6.07) is 7.60. The van der Waals surface area contributed by atoms with Crippen LogP contribution in [-0.2, 0) is 4.79 Å². The fraction of sp³-hybridized carbons (Fsp3) is 0.579. The molecule has 1 heterocycles.